The normalized spacial score (nSPS) is 13.6. The van der Waals surface area contributed by atoms with Crippen molar-refractivity contribution in [2.24, 2.45) is 0 Å². The fraction of sp³-hybridized carbons (Fsp3) is 0.400. The number of carbonyl (C=O) groups excluding carboxylic acids is 2. The van der Waals surface area contributed by atoms with E-state index in [1.54, 1.807) is 20.8 Å². The van der Waals surface area contributed by atoms with Crippen molar-refractivity contribution in [1.82, 2.24) is 10.6 Å². The van der Waals surface area contributed by atoms with Gasteiger partial charge in [0.1, 0.15) is 18.2 Å². The largest absolute Gasteiger partial charge is 0.480 e. The van der Waals surface area contributed by atoms with Crippen molar-refractivity contribution in [1.29, 1.82) is 0 Å². The molecule has 0 heterocycles. The number of carboxylic acid groups (broad SMARTS) is 1. The summed E-state index contributed by atoms with van der Waals surface area (Å²) in [6.07, 6.45) is 0.0830. The maximum absolute atomic E-state index is 12.7. The molecule has 0 fully saturated rings. The molecule has 2 amide bonds. The summed E-state index contributed by atoms with van der Waals surface area (Å²) in [5, 5.41) is 14.7. The minimum absolute atomic E-state index is 0.0816. The monoisotopic (exact) mass is 438 g/mol. The molecule has 170 valence electrons. The van der Waals surface area contributed by atoms with Gasteiger partial charge in [0.15, 0.2) is 0 Å². The number of ether oxygens (including phenoxy) is 1. The molecule has 32 heavy (non-hydrogen) atoms. The Bertz CT molecular complexity index is 954. The molecule has 1 aliphatic carbocycles. The maximum atomic E-state index is 12.7. The number of hydrogen-bond donors (Lipinski definition) is 3. The molecule has 2 aromatic carbocycles. The Balaban J connectivity index is 1.65. The van der Waals surface area contributed by atoms with Crippen molar-refractivity contribution < 1.29 is 24.2 Å². The van der Waals surface area contributed by atoms with E-state index in [0.29, 0.717) is 6.42 Å². The van der Waals surface area contributed by atoms with Gasteiger partial charge in [-0.1, -0.05) is 69.3 Å². The van der Waals surface area contributed by atoms with E-state index in [9.17, 15) is 19.5 Å². The minimum Gasteiger partial charge on any atom is -0.480 e. The number of fused-ring (bicyclic) bond motifs is 3. The number of benzene rings is 2. The molecule has 0 spiro atoms. The van der Waals surface area contributed by atoms with E-state index in [1.165, 1.54) is 0 Å². The average molecular weight is 439 g/mol. The zero-order chi connectivity index (χ0) is 23.3. The summed E-state index contributed by atoms with van der Waals surface area (Å²) in [6.45, 7) is 5.30. The first kappa shape index (κ1) is 23.3. The van der Waals surface area contributed by atoms with Crippen LogP contribution in [0.5, 0.6) is 0 Å². The van der Waals surface area contributed by atoms with E-state index >= 15 is 0 Å². The van der Waals surface area contributed by atoms with Crippen molar-refractivity contribution in [3.8, 4) is 11.1 Å². The van der Waals surface area contributed by atoms with Crippen LogP contribution in [0.25, 0.3) is 11.1 Å². The van der Waals surface area contributed by atoms with E-state index in [4.69, 9.17) is 4.74 Å². The van der Waals surface area contributed by atoms with Crippen LogP contribution in [0.2, 0.25) is 0 Å². The Hall–Kier alpha value is -3.35. The molecule has 0 radical (unpaired) electrons. The molecule has 1 aliphatic rings. The van der Waals surface area contributed by atoms with Gasteiger partial charge in [0.05, 0.1) is 0 Å². The summed E-state index contributed by atoms with van der Waals surface area (Å²) in [7, 11) is 0. The molecule has 1 atom stereocenters. The molecule has 0 saturated heterocycles. The Morgan fingerprint density at radius 3 is 1.97 bits per heavy atom. The second-order valence-electron chi connectivity index (χ2n) is 8.01. The van der Waals surface area contributed by atoms with Crippen LogP contribution in [0, 0.1) is 0 Å². The van der Waals surface area contributed by atoms with E-state index in [2.05, 4.69) is 22.8 Å². The highest BCUT2D eigenvalue weighted by Crippen LogP contribution is 2.44. The molecule has 2 aromatic rings. The van der Waals surface area contributed by atoms with Crippen LogP contribution < -0.4 is 10.6 Å². The van der Waals surface area contributed by atoms with Gasteiger partial charge >= 0.3 is 12.1 Å². The van der Waals surface area contributed by atoms with Crippen LogP contribution >= 0.6 is 0 Å². The summed E-state index contributed by atoms with van der Waals surface area (Å²) >= 11 is 0. The standard InChI is InChI=1S/C25H30N2O5/c1-4-21(22(28)27-25(5-2,6-3)23(29)30)26-24(31)32-15-20-18-13-9-7-11-16(18)17-12-8-10-14-19(17)20/h7-14,20-21H,4-6,15H2,1-3H3,(H,26,31)(H,27,28)(H,29,30). The molecule has 7 heteroatoms. The second kappa shape index (κ2) is 9.85. The predicted octanol–water partition coefficient (Wildman–Crippen LogP) is 4.06. The molecular formula is C25H30N2O5. The third-order valence-corrected chi connectivity index (χ3v) is 6.34. The van der Waals surface area contributed by atoms with Crippen LogP contribution in [-0.2, 0) is 14.3 Å². The molecule has 0 saturated carbocycles. The average Bonchev–Trinajstić information content (AvgIpc) is 3.13. The van der Waals surface area contributed by atoms with Gasteiger partial charge in [0.25, 0.3) is 0 Å². The first-order valence-electron chi connectivity index (χ1n) is 11.0. The molecule has 0 aliphatic heterocycles. The number of rotatable bonds is 9. The Labute approximate surface area is 188 Å². The van der Waals surface area contributed by atoms with Crippen molar-refractivity contribution in [2.45, 2.75) is 57.5 Å². The fourth-order valence-electron chi connectivity index (χ4n) is 4.24. The molecule has 3 rings (SSSR count). The van der Waals surface area contributed by atoms with Crippen LogP contribution in [0.3, 0.4) is 0 Å². The van der Waals surface area contributed by atoms with Gasteiger partial charge < -0.3 is 20.5 Å². The van der Waals surface area contributed by atoms with Crippen LogP contribution in [-0.4, -0.2) is 41.3 Å². The Morgan fingerprint density at radius 2 is 1.50 bits per heavy atom. The lowest BCUT2D eigenvalue weighted by Crippen LogP contribution is -2.58. The number of carbonyl (C=O) groups is 3. The van der Waals surface area contributed by atoms with Crippen molar-refractivity contribution >= 4 is 18.0 Å². The second-order valence-corrected chi connectivity index (χ2v) is 8.01. The highest BCUT2D eigenvalue weighted by Gasteiger charge is 2.38. The zero-order valence-corrected chi connectivity index (χ0v) is 18.7. The number of hydrogen-bond acceptors (Lipinski definition) is 4. The molecule has 1 unspecified atom stereocenters. The summed E-state index contributed by atoms with van der Waals surface area (Å²) in [5.74, 6) is -1.71. The lowest BCUT2D eigenvalue weighted by molar-refractivity contribution is -0.148. The van der Waals surface area contributed by atoms with Crippen molar-refractivity contribution in [3.63, 3.8) is 0 Å². The van der Waals surface area contributed by atoms with Crippen molar-refractivity contribution in [2.75, 3.05) is 6.61 Å². The number of aliphatic carboxylic acids is 1. The van der Waals surface area contributed by atoms with Gasteiger partial charge in [-0.3, -0.25) is 4.79 Å². The maximum Gasteiger partial charge on any atom is 0.407 e. The lowest BCUT2D eigenvalue weighted by Gasteiger charge is -2.30. The molecule has 3 N–H and O–H groups in total. The van der Waals surface area contributed by atoms with Gasteiger partial charge in [-0.05, 0) is 41.5 Å². The summed E-state index contributed by atoms with van der Waals surface area (Å²) in [4.78, 5) is 36.9. The number of alkyl carbamates (subject to hydrolysis) is 1. The van der Waals surface area contributed by atoms with E-state index in [1.807, 2.05) is 36.4 Å². The molecule has 7 nitrogen and oxygen atoms in total. The highest BCUT2D eigenvalue weighted by atomic mass is 16.5. The highest BCUT2D eigenvalue weighted by molar-refractivity contribution is 5.91. The third kappa shape index (κ3) is 4.47. The van der Waals surface area contributed by atoms with Crippen molar-refractivity contribution in [3.05, 3.63) is 59.7 Å². The first-order valence-corrected chi connectivity index (χ1v) is 11.0. The minimum atomic E-state index is -1.35. The third-order valence-electron chi connectivity index (χ3n) is 6.34. The number of nitrogens with one attached hydrogen (secondary N) is 2. The number of amides is 2. The van der Waals surface area contributed by atoms with E-state index in [0.717, 1.165) is 22.3 Å². The fourth-order valence-corrected chi connectivity index (χ4v) is 4.24. The van der Waals surface area contributed by atoms with Gasteiger partial charge in [0.2, 0.25) is 5.91 Å². The van der Waals surface area contributed by atoms with E-state index in [-0.39, 0.29) is 25.4 Å². The smallest absolute Gasteiger partial charge is 0.407 e. The van der Waals surface area contributed by atoms with Crippen LogP contribution in [0.15, 0.2) is 48.5 Å². The lowest BCUT2D eigenvalue weighted by atomic mass is 9.92. The number of carboxylic acids is 1. The van der Waals surface area contributed by atoms with E-state index < -0.39 is 29.6 Å². The van der Waals surface area contributed by atoms with Crippen LogP contribution in [0.4, 0.5) is 4.79 Å². The first-order chi connectivity index (χ1) is 15.4. The van der Waals surface area contributed by atoms with Crippen LogP contribution in [0.1, 0.15) is 57.1 Å². The summed E-state index contributed by atoms with van der Waals surface area (Å²) in [6, 6.07) is 15.2. The van der Waals surface area contributed by atoms with Gasteiger partial charge in [-0.2, -0.15) is 0 Å². The Morgan fingerprint density at radius 1 is 0.969 bits per heavy atom. The molecular weight excluding hydrogens is 408 g/mol. The zero-order valence-electron chi connectivity index (χ0n) is 18.7. The van der Waals surface area contributed by atoms with Gasteiger partial charge in [0, 0.05) is 5.92 Å². The summed E-state index contributed by atoms with van der Waals surface area (Å²) < 4.78 is 5.51. The predicted molar refractivity (Wildman–Crippen MR) is 121 cm³/mol. The Kier molecular flexibility index (Phi) is 7.18. The quantitative estimate of drug-likeness (QED) is 0.548. The van der Waals surface area contributed by atoms with Gasteiger partial charge in [-0.25, -0.2) is 9.59 Å². The SMILES string of the molecule is CCC(NC(=O)OCC1c2ccccc2-c2ccccc21)C(=O)NC(CC)(CC)C(=O)O. The summed E-state index contributed by atoms with van der Waals surface area (Å²) in [5.41, 5.74) is 3.11. The topological polar surface area (TPSA) is 105 Å². The molecule has 0 bridgehead atoms. The van der Waals surface area contributed by atoms with Gasteiger partial charge in [-0.15, -0.1) is 0 Å². The molecule has 0 aromatic heterocycles.